The lowest BCUT2D eigenvalue weighted by Crippen LogP contribution is -2.23. The average molecular weight is 325 g/mol. The zero-order valence-corrected chi connectivity index (χ0v) is 11.7. The Labute approximate surface area is 127 Å². The van der Waals surface area contributed by atoms with Crippen LogP contribution in [0.15, 0.2) is 24.8 Å². The Balaban J connectivity index is 2.01. The molecule has 0 saturated heterocycles. The topological polar surface area (TPSA) is 90.5 Å². The third kappa shape index (κ3) is 2.98. The number of hydrogen-bond donors (Lipinski definition) is 1. The maximum atomic E-state index is 12.8. The standard InChI is InChI=1S/C12H10F3N7O/c1-21-8(2-3-18-21)10(23)20-11-19-7-4-16-6-17-9(7)22(11)5-12(13,14)15/h2-4,6H,5H2,1H3,(H,19,20,23). The van der Waals surface area contributed by atoms with Crippen molar-refractivity contribution in [1.82, 2.24) is 29.3 Å². The normalized spacial score (nSPS) is 11.8. The molecule has 3 aromatic rings. The van der Waals surface area contributed by atoms with Crippen molar-refractivity contribution in [2.75, 3.05) is 5.32 Å². The van der Waals surface area contributed by atoms with Crippen LogP contribution in [0.5, 0.6) is 0 Å². The number of aromatic nitrogens is 6. The lowest BCUT2D eigenvalue weighted by molar-refractivity contribution is -0.139. The summed E-state index contributed by atoms with van der Waals surface area (Å²) in [6.07, 6.45) is -0.706. The molecule has 23 heavy (non-hydrogen) atoms. The number of anilines is 1. The summed E-state index contributed by atoms with van der Waals surface area (Å²) in [5, 5.41) is 6.18. The van der Waals surface area contributed by atoms with Gasteiger partial charge in [-0.2, -0.15) is 18.3 Å². The molecule has 0 saturated carbocycles. The molecule has 3 heterocycles. The molecule has 0 aliphatic carbocycles. The van der Waals surface area contributed by atoms with Crippen LogP contribution in [0, 0.1) is 0 Å². The van der Waals surface area contributed by atoms with Gasteiger partial charge in [-0.3, -0.25) is 19.4 Å². The number of fused-ring (bicyclic) bond motifs is 1. The quantitative estimate of drug-likeness (QED) is 0.785. The molecule has 120 valence electrons. The number of halogens is 3. The van der Waals surface area contributed by atoms with Gasteiger partial charge < -0.3 is 0 Å². The third-order valence-corrected chi connectivity index (χ3v) is 3.03. The van der Waals surface area contributed by atoms with Crippen molar-refractivity contribution in [2.24, 2.45) is 7.05 Å². The average Bonchev–Trinajstić information content (AvgIpc) is 3.02. The summed E-state index contributed by atoms with van der Waals surface area (Å²) >= 11 is 0. The van der Waals surface area contributed by atoms with Gasteiger partial charge >= 0.3 is 6.18 Å². The van der Waals surface area contributed by atoms with Gasteiger partial charge in [0.1, 0.15) is 24.1 Å². The van der Waals surface area contributed by atoms with Crippen molar-refractivity contribution in [1.29, 1.82) is 0 Å². The van der Waals surface area contributed by atoms with Crippen molar-refractivity contribution in [3.63, 3.8) is 0 Å². The van der Waals surface area contributed by atoms with Gasteiger partial charge in [0.15, 0.2) is 5.65 Å². The highest BCUT2D eigenvalue weighted by molar-refractivity contribution is 6.02. The minimum Gasteiger partial charge on any atom is -0.290 e. The molecule has 0 spiro atoms. The summed E-state index contributed by atoms with van der Waals surface area (Å²) in [6, 6.07) is 1.44. The van der Waals surface area contributed by atoms with Gasteiger partial charge in [0.25, 0.3) is 5.91 Å². The maximum Gasteiger partial charge on any atom is 0.406 e. The number of aryl methyl sites for hydroxylation is 1. The van der Waals surface area contributed by atoms with E-state index in [9.17, 15) is 18.0 Å². The summed E-state index contributed by atoms with van der Waals surface area (Å²) in [4.78, 5) is 23.6. The third-order valence-electron chi connectivity index (χ3n) is 3.03. The predicted molar refractivity (Wildman–Crippen MR) is 72.5 cm³/mol. The van der Waals surface area contributed by atoms with E-state index in [0.29, 0.717) is 0 Å². The lowest BCUT2D eigenvalue weighted by Gasteiger charge is -2.11. The van der Waals surface area contributed by atoms with E-state index in [-0.39, 0.29) is 22.8 Å². The van der Waals surface area contributed by atoms with E-state index in [4.69, 9.17) is 0 Å². The van der Waals surface area contributed by atoms with Gasteiger partial charge in [-0.15, -0.1) is 0 Å². The van der Waals surface area contributed by atoms with E-state index < -0.39 is 18.6 Å². The number of carbonyl (C=O) groups excluding carboxylic acids is 1. The van der Waals surface area contributed by atoms with Gasteiger partial charge in [-0.05, 0) is 6.07 Å². The molecule has 0 unspecified atom stereocenters. The second-order valence-electron chi connectivity index (χ2n) is 4.66. The molecular formula is C12H10F3N7O. The number of amides is 1. The van der Waals surface area contributed by atoms with Crippen LogP contribution in [0.1, 0.15) is 10.5 Å². The van der Waals surface area contributed by atoms with E-state index >= 15 is 0 Å². The zero-order valence-electron chi connectivity index (χ0n) is 11.7. The second kappa shape index (κ2) is 5.34. The van der Waals surface area contributed by atoms with Crippen LogP contribution in [0.25, 0.3) is 11.2 Å². The molecule has 0 aliphatic heterocycles. The Morgan fingerprint density at radius 3 is 2.83 bits per heavy atom. The SMILES string of the molecule is Cn1nccc1C(=O)Nc1nc2cncnc2n1CC(F)(F)F. The largest absolute Gasteiger partial charge is 0.406 e. The first-order valence-corrected chi connectivity index (χ1v) is 6.37. The molecule has 11 heteroatoms. The Kier molecular flexibility index (Phi) is 3.47. The van der Waals surface area contributed by atoms with Crippen LogP contribution in [0.3, 0.4) is 0 Å². The molecule has 1 N–H and O–H groups in total. The highest BCUT2D eigenvalue weighted by Gasteiger charge is 2.31. The molecule has 0 radical (unpaired) electrons. The monoisotopic (exact) mass is 325 g/mol. The van der Waals surface area contributed by atoms with E-state index in [1.54, 1.807) is 7.05 Å². The fraction of sp³-hybridized carbons (Fsp3) is 0.250. The van der Waals surface area contributed by atoms with E-state index in [0.717, 1.165) is 10.9 Å². The fourth-order valence-electron chi connectivity index (χ4n) is 2.06. The Morgan fingerprint density at radius 1 is 1.39 bits per heavy atom. The number of nitrogens with zero attached hydrogens (tertiary/aromatic N) is 6. The maximum absolute atomic E-state index is 12.8. The van der Waals surface area contributed by atoms with E-state index in [1.807, 2.05) is 0 Å². The number of carbonyl (C=O) groups is 1. The molecule has 0 fully saturated rings. The summed E-state index contributed by atoms with van der Waals surface area (Å²) in [7, 11) is 1.54. The molecule has 0 aromatic carbocycles. The smallest absolute Gasteiger partial charge is 0.290 e. The Morgan fingerprint density at radius 2 is 2.17 bits per heavy atom. The molecule has 3 aromatic heterocycles. The first-order chi connectivity index (χ1) is 10.8. The molecule has 0 bridgehead atoms. The van der Waals surface area contributed by atoms with Crippen LogP contribution in [0.4, 0.5) is 19.1 Å². The zero-order chi connectivity index (χ0) is 16.6. The molecule has 0 atom stereocenters. The van der Waals surface area contributed by atoms with Crippen molar-refractivity contribution < 1.29 is 18.0 Å². The number of imidazole rings is 1. The Hall–Kier alpha value is -2.98. The first kappa shape index (κ1) is 14.9. The molecule has 3 rings (SSSR count). The summed E-state index contributed by atoms with van der Waals surface area (Å²) in [5.41, 5.74) is 0.316. The minimum absolute atomic E-state index is 0.0161. The second-order valence-corrected chi connectivity index (χ2v) is 4.66. The van der Waals surface area contributed by atoms with Gasteiger partial charge in [0.2, 0.25) is 5.95 Å². The number of hydrogen-bond acceptors (Lipinski definition) is 5. The van der Waals surface area contributed by atoms with Gasteiger partial charge in [-0.1, -0.05) is 0 Å². The van der Waals surface area contributed by atoms with E-state index in [2.05, 4.69) is 25.4 Å². The minimum atomic E-state index is -4.50. The molecule has 1 amide bonds. The number of rotatable bonds is 3. The summed E-state index contributed by atoms with van der Waals surface area (Å²) in [5.74, 6) is -0.888. The van der Waals surface area contributed by atoms with Crippen LogP contribution in [-0.2, 0) is 13.6 Å². The lowest BCUT2D eigenvalue weighted by atomic mass is 10.4. The highest BCUT2D eigenvalue weighted by Crippen LogP contribution is 2.24. The van der Waals surface area contributed by atoms with Crippen LogP contribution >= 0.6 is 0 Å². The summed E-state index contributed by atoms with van der Waals surface area (Å²) < 4.78 is 40.4. The molecule has 8 nitrogen and oxygen atoms in total. The van der Waals surface area contributed by atoms with Crippen molar-refractivity contribution in [3.8, 4) is 0 Å². The predicted octanol–water partition coefficient (Wildman–Crippen LogP) is 1.37. The highest BCUT2D eigenvalue weighted by atomic mass is 19.4. The van der Waals surface area contributed by atoms with Crippen molar-refractivity contribution in [3.05, 3.63) is 30.5 Å². The van der Waals surface area contributed by atoms with Crippen LogP contribution in [0.2, 0.25) is 0 Å². The summed E-state index contributed by atoms with van der Waals surface area (Å²) in [6.45, 7) is -1.33. The van der Waals surface area contributed by atoms with Gasteiger partial charge in [-0.25, -0.2) is 15.0 Å². The van der Waals surface area contributed by atoms with Crippen LogP contribution < -0.4 is 5.32 Å². The van der Waals surface area contributed by atoms with Crippen LogP contribution in [-0.4, -0.2) is 41.4 Å². The van der Waals surface area contributed by atoms with E-state index in [1.165, 1.54) is 23.1 Å². The fourth-order valence-corrected chi connectivity index (χ4v) is 2.06. The molecule has 0 aliphatic rings. The Bertz CT molecular complexity index is 867. The number of nitrogens with one attached hydrogen (secondary N) is 1. The molecular weight excluding hydrogens is 315 g/mol. The van der Waals surface area contributed by atoms with Gasteiger partial charge in [0, 0.05) is 13.2 Å². The first-order valence-electron chi connectivity index (χ1n) is 6.37. The number of alkyl halides is 3. The van der Waals surface area contributed by atoms with Crippen molar-refractivity contribution >= 4 is 23.0 Å². The van der Waals surface area contributed by atoms with Crippen molar-refractivity contribution in [2.45, 2.75) is 12.7 Å². The van der Waals surface area contributed by atoms with Gasteiger partial charge in [0.05, 0.1) is 6.20 Å².